The number of amides is 1. The third-order valence-electron chi connectivity index (χ3n) is 4.32. The number of hydrogen-bond acceptors (Lipinski definition) is 3. The van der Waals surface area contributed by atoms with E-state index in [9.17, 15) is 13.6 Å². The molecule has 0 saturated carbocycles. The Labute approximate surface area is 145 Å². The lowest BCUT2D eigenvalue weighted by Crippen LogP contribution is -2.48. The van der Waals surface area contributed by atoms with Crippen LogP contribution in [0, 0.1) is 0 Å². The monoisotopic (exact) mass is 346 g/mol. The highest BCUT2D eigenvalue weighted by molar-refractivity contribution is 5.82. The summed E-state index contributed by atoms with van der Waals surface area (Å²) in [6.07, 6.45) is 0.667. The highest BCUT2D eigenvalue weighted by Gasteiger charge is 2.26. The highest BCUT2D eigenvalue weighted by atomic mass is 19.3. The van der Waals surface area contributed by atoms with Gasteiger partial charge in [-0.15, -0.1) is 0 Å². The zero-order chi connectivity index (χ0) is 17.8. The molecule has 4 nitrogen and oxygen atoms in total. The maximum absolute atomic E-state index is 12.7. The molecule has 1 unspecified atom stereocenters. The SMILES string of the molecule is CN(Cc1ccc(OC(F)F)cc1)C(=O)C1Cc2ccccc2CN1. The van der Waals surface area contributed by atoms with E-state index < -0.39 is 6.61 Å². The summed E-state index contributed by atoms with van der Waals surface area (Å²) in [6, 6.07) is 14.2. The summed E-state index contributed by atoms with van der Waals surface area (Å²) in [7, 11) is 1.74. The fraction of sp³-hybridized carbons (Fsp3) is 0.316. The molecule has 1 N–H and O–H groups in total. The lowest BCUT2D eigenvalue weighted by Gasteiger charge is -2.29. The molecule has 1 heterocycles. The first-order chi connectivity index (χ1) is 12.0. The molecule has 0 saturated heterocycles. The maximum atomic E-state index is 12.7. The molecule has 0 spiro atoms. The number of hydrogen-bond donors (Lipinski definition) is 1. The van der Waals surface area contributed by atoms with Gasteiger partial charge in [0.15, 0.2) is 0 Å². The van der Waals surface area contributed by atoms with Gasteiger partial charge in [0.25, 0.3) is 0 Å². The second-order valence-electron chi connectivity index (χ2n) is 6.12. The lowest BCUT2D eigenvalue weighted by molar-refractivity contribution is -0.132. The van der Waals surface area contributed by atoms with E-state index >= 15 is 0 Å². The molecule has 132 valence electrons. The van der Waals surface area contributed by atoms with Crippen molar-refractivity contribution >= 4 is 5.91 Å². The van der Waals surface area contributed by atoms with E-state index in [-0.39, 0.29) is 17.7 Å². The quantitative estimate of drug-likeness (QED) is 0.905. The summed E-state index contributed by atoms with van der Waals surface area (Å²) in [5, 5.41) is 3.28. The van der Waals surface area contributed by atoms with Crippen molar-refractivity contribution in [3.8, 4) is 5.75 Å². The number of nitrogens with zero attached hydrogens (tertiary/aromatic N) is 1. The smallest absolute Gasteiger partial charge is 0.387 e. The minimum Gasteiger partial charge on any atom is -0.435 e. The zero-order valence-electron chi connectivity index (χ0n) is 13.9. The molecule has 1 aliphatic rings. The van der Waals surface area contributed by atoms with Crippen LogP contribution in [0.5, 0.6) is 5.75 Å². The van der Waals surface area contributed by atoms with Gasteiger partial charge in [0.1, 0.15) is 5.75 Å². The van der Waals surface area contributed by atoms with Crippen molar-refractivity contribution in [3.05, 3.63) is 65.2 Å². The van der Waals surface area contributed by atoms with E-state index in [2.05, 4.69) is 22.2 Å². The number of benzene rings is 2. The van der Waals surface area contributed by atoms with Gasteiger partial charge >= 0.3 is 6.61 Å². The van der Waals surface area contributed by atoms with Gasteiger partial charge in [0.05, 0.1) is 6.04 Å². The number of alkyl halides is 2. The number of halogens is 2. The Morgan fingerprint density at radius 2 is 1.88 bits per heavy atom. The Hall–Kier alpha value is -2.47. The number of rotatable bonds is 5. The van der Waals surface area contributed by atoms with E-state index in [0.717, 1.165) is 5.56 Å². The molecule has 0 aliphatic carbocycles. The molecule has 1 aliphatic heterocycles. The molecule has 1 amide bonds. The minimum absolute atomic E-state index is 0.0161. The molecular formula is C19H20F2N2O2. The number of likely N-dealkylation sites (N-methyl/N-ethyl adjacent to an activating group) is 1. The summed E-state index contributed by atoms with van der Waals surface area (Å²) < 4.78 is 28.7. The summed E-state index contributed by atoms with van der Waals surface area (Å²) in [4.78, 5) is 14.3. The van der Waals surface area contributed by atoms with Gasteiger partial charge in [-0.05, 0) is 35.2 Å². The Balaban J connectivity index is 1.59. The van der Waals surface area contributed by atoms with Crippen molar-refractivity contribution in [1.82, 2.24) is 10.2 Å². The largest absolute Gasteiger partial charge is 0.435 e. The van der Waals surface area contributed by atoms with Gasteiger partial charge in [0, 0.05) is 20.1 Å². The van der Waals surface area contributed by atoms with Gasteiger partial charge in [-0.3, -0.25) is 4.79 Å². The molecule has 6 heteroatoms. The minimum atomic E-state index is -2.84. The van der Waals surface area contributed by atoms with Crippen molar-refractivity contribution in [2.45, 2.75) is 32.2 Å². The van der Waals surface area contributed by atoms with Crippen LogP contribution >= 0.6 is 0 Å². The number of ether oxygens (including phenoxy) is 1. The third kappa shape index (κ3) is 4.33. The zero-order valence-corrected chi connectivity index (χ0v) is 13.9. The standard InChI is InChI=1S/C19H20F2N2O2/c1-23(12-13-6-8-16(9-7-13)25-19(20)21)18(24)17-10-14-4-2-3-5-15(14)11-22-17/h2-9,17,19,22H,10-12H2,1H3. The van der Waals surface area contributed by atoms with Crippen molar-refractivity contribution < 1.29 is 18.3 Å². The van der Waals surface area contributed by atoms with Crippen molar-refractivity contribution in [2.24, 2.45) is 0 Å². The van der Waals surface area contributed by atoms with Gasteiger partial charge in [0.2, 0.25) is 5.91 Å². The predicted molar refractivity (Wildman–Crippen MR) is 90.3 cm³/mol. The molecule has 25 heavy (non-hydrogen) atoms. The van der Waals surface area contributed by atoms with E-state index in [1.807, 2.05) is 12.1 Å². The summed E-state index contributed by atoms with van der Waals surface area (Å²) in [5.41, 5.74) is 3.28. The average Bonchev–Trinajstić information content (AvgIpc) is 2.62. The van der Waals surface area contributed by atoms with Gasteiger partial charge in [-0.1, -0.05) is 36.4 Å². The maximum Gasteiger partial charge on any atom is 0.387 e. The molecule has 0 radical (unpaired) electrons. The summed E-state index contributed by atoms with van der Waals surface area (Å²) >= 11 is 0. The molecule has 2 aromatic carbocycles. The fourth-order valence-corrected chi connectivity index (χ4v) is 3.02. The van der Waals surface area contributed by atoms with E-state index in [0.29, 0.717) is 19.5 Å². The van der Waals surface area contributed by atoms with Gasteiger partial charge < -0.3 is 15.0 Å². The molecule has 1 atom stereocenters. The van der Waals surface area contributed by atoms with Gasteiger partial charge in [-0.2, -0.15) is 8.78 Å². The number of nitrogens with one attached hydrogen (secondary N) is 1. The van der Waals surface area contributed by atoms with Crippen LogP contribution in [0.3, 0.4) is 0 Å². The van der Waals surface area contributed by atoms with Crippen LogP contribution in [0.2, 0.25) is 0 Å². The van der Waals surface area contributed by atoms with E-state index in [1.54, 1.807) is 24.1 Å². The fourth-order valence-electron chi connectivity index (χ4n) is 3.02. The van der Waals surface area contributed by atoms with Crippen LogP contribution in [-0.4, -0.2) is 30.5 Å². The Morgan fingerprint density at radius 3 is 2.56 bits per heavy atom. The normalized spacial score (nSPS) is 16.4. The first-order valence-corrected chi connectivity index (χ1v) is 8.12. The van der Waals surface area contributed by atoms with Crippen LogP contribution in [-0.2, 0) is 24.3 Å². The van der Waals surface area contributed by atoms with Crippen LogP contribution in [0.15, 0.2) is 48.5 Å². The van der Waals surface area contributed by atoms with Gasteiger partial charge in [-0.25, -0.2) is 0 Å². The topological polar surface area (TPSA) is 41.6 Å². The van der Waals surface area contributed by atoms with Crippen LogP contribution in [0.4, 0.5) is 8.78 Å². The molecule has 2 aromatic rings. The van der Waals surface area contributed by atoms with Crippen molar-refractivity contribution in [3.63, 3.8) is 0 Å². The molecule has 0 bridgehead atoms. The molecular weight excluding hydrogens is 326 g/mol. The number of carbonyl (C=O) groups is 1. The second kappa shape index (κ2) is 7.61. The lowest BCUT2D eigenvalue weighted by atomic mass is 9.95. The Bertz CT molecular complexity index is 734. The second-order valence-corrected chi connectivity index (χ2v) is 6.12. The molecule has 3 rings (SSSR count). The Kier molecular flexibility index (Phi) is 5.28. The summed E-state index contributed by atoms with van der Waals surface area (Å²) in [5.74, 6) is 0.126. The highest BCUT2D eigenvalue weighted by Crippen LogP contribution is 2.19. The summed E-state index contributed by atoms with van der Waals surface area (Å²) in [6.45, 7) is -1.75. The average molecular weight is 346 g/mol. The van der Waals surface area contributed by atoms with Crippen LogP contribution in [0.25, 0.3) is 0 Å². The number of carbonyl (C=O) groups excluding carboxylic acids is 1. The van der Waals surface area contributed by atoms with E-state index in [1.165, 1.54) is 23.3 Å². The predicted octanol–water partition coefficient (Wildman–Crippen LogP) is 2.96. The van der Waals surface area contributed by atoms with Crippen LogP contribution in [0.1, 0.15) is 16.7 Å². The van der Waals surface area contributed by atoms with Crippen molar-refractivity contribution in [1.29, 1.82) is 0 Å². The third-order valence-corrected chi connectivity index (χ3v) is 4.32. The first-order valence-electron chi connectivity index (χ1n) is 8.12. The Morgan fingerprint density at radius 1 is 1.20 bits per heavy atom. The molecule has 0 fully saturated rings. The first kappa shape index (κ1) is 17.4. The van der Waals surface area contributed by atoms with Crippen LogP contribution < -0.4 is 10.1 Å². The van der Waals surface area contributed by atoms with E-state index in [4.69, 9.17) is 0 Å². The van der Waals surface area contributed by atoms with Crippen molar-refractivity contribution in [2.75, 3.05) is 7.05 Å². The number of fused-ring (bicyclic) bond motifs is 1. The molecule has 0 aromatic heterocycles.